The molecule has 7 nitrogen and oxygen atoms in total. The lowest BCUT2D eigenvalue weighted by Crippen LogP contribution is -2.24. The standard InChI is InChI=1S/C13H23N7/c1-4-5-10-8-13(19-18-10)17-12(15)9-11(14)16-6-7-20(2)3/h4-5,8H,6-7,9H2,1-3H3,(H2,14,16)(H3,15,17,18,19)/b5-4+. The number of nitrogens with one attached hydrogen (secondary N) is 1. The molecule has 5 N–H and O–H groups in total. The van der Waals surface area contributed by atoms with Crippen LogP contribution in [0.2, 0.25) is 0 Å². The van der Waals surface area contributed by atoms with Crippen LogP contribution in [0.15, 0.2) is 22.1 Å². The Hall–Kier alpha value is -2.15. The SMILES string of the molecule is C/C=C/c1cc(N=C(N)CC(N)=NCCN(C)C)n[nH]1. The molecule has 1 heterocycles. The van der Waals surface area contributed by atoms with E-state index in [1.807, 2.05) is 44.1 Å². The number of rotatable bonds is 7. The van der Waals surface area contributed by atoms with Gasteiger partial charge in [0.1, 0.15) is 11.7 Å². The van der Waals surface area contributed by atoms with Crippen LogP contribution < -0.4 is 11.5 Å². The van der Waals surface area contributed by atoms with Gasteiger partial charge in [-0.25, -0.2) is 4.99 Å². The molecule has 0 saturated carbocycles. The summed E-state index contributed by atoms with van der Waals surface area (Å²) in [4.78, 5) is 10.5. The Morgan fingerprint density at radius 3 is 2.80 bits per heavy atom. The summed E-state index contributed by atoms with van der Waals surface area (Å²) in [6.07, 6.45) is 4.16. The molecule has 0 unspecified atom stereocenters. The number of likely N-dealkylation sites (N-methyl/N-ethyl adjacent to an activating group) is 1. The molecule has 0 aliphatic rings. The van der Waals surface area contributed by atoms with Gasteiger partial charge in [0.2, 0.25) is 0 Å². The van der Waals surface area contributed by atoms with Gasteiger partial charge in [-0.05, 0) is 27.1 Å². The van der Waals surface area contributed by atoms with Crippen LogP contribution >= 0.6 is 0 Å². The van der Waals surface area contributed by atoms with E-state index in [0.29, 0.717) is 30.5 Å². The van der Waals surface area contributed by atoms with Crippen LogP contribution in [0.5, 0.6) is 0 Å². The van der Waals surface area contributed by atoms with Gasteiger partial charge in [-0.3, -0.25) is 10.1 Å². The molecule has 0 spiro atoms. The Morgan fingerprint density at radius 2 is 2.15 bits per heavy atom. The summed E-state index contributed by atoms with van der Waals surface area (Å²) in [5.74, 6) is 1.42. The number of aromatic amines is 1. The average molecular weight is 277 g/mol. The summed E-state index contributed by atoms with van der Waals surface area (Å²) in [6, 6.07) is 1.81. The molecule has 7 heteroatoms. The van der Waals surface area contributed by atoms with Gasteiger partial charge in [-0.15, -0.1) is 0 Å². The normalized spacial score (nSPS) is 13.6. The summed E-state index contributed by atoms with van der Waals surface area (Å²) in [7, 11) is 3.98. The van der Waals surface area contributed by atoms with E-state index in [0.717, 1.165) is 12.2 Å². The zero-order chi connectivity index (χ0) is 15.0. The largest absolute Gasteiger partial charge is 0.387 e. The second-order valence-corrected chi connectivity index (χ2v) is 4.64. The monoisotopic (exact) mass is 277 g/mol. The highest BCUT2D eigenvalue weighted by molar-refractivity contribution is 6.01. The Kier molecular flexibility index (Phi) is 6.45. The fraction of sp³-hybridized carbons (Fsp3) is 0.462. The highest BCUT2D eigenvalue weighted by atomic mass is 15.2. The maximum absolute atomic E-state index is 5.83. The number of nitrogens with two attached hydrogens (primary N) is 2. The van der Waals surface area contributed by atoms with Crippen LogP contribution in [0, 0.1) is 0 Å². The van der Waals surface area contributed by atoms with Crippen molar-refractivity contribution in [1.29, 1.82) is 0 Å². The predicted molar refractivity (Wildman–Crippen MR) is 84.2 cm³/mol. The zero-order valence-electron chi connectivity index (χ0n) is 12.3. The molecule has 1 rings (SSSR count). The molecular weight excluding hydrogens is 254 g/mol. The van der Waals surface area contributed by atoms with Crippen molar-refractivity contribution in [3.8, 4) is 0 Å². The van der Waals surface area contributed by atoms with Crippen molar-refractivity contribution in [1.82, 2.24) is 15.1 Å². The molecule has 0 fully saturated rings. The Labute approximate surface area is 119 Å². The van der Waals surface area contributed by atoms with Gasteiger partial charge >= 0.3 is 0 Å². The number of hydrogen-bond acceptors (Lipinski definition) is 4. The van der Waals surface area contributed by atoms with E-state index in [4.69, 9.17) is 11.5 Å². The second kappa shape index (κ2) is 8.11. The minimum Gasteiger partial charge on any atom is -0.387 e. The highest BCUT2D eigenvalue weighted by Gasteiger charge is 2.01. The number of nitrogens with zero attached hydrogens (tertiary/aromatic N) is 4. The summed E-state index contributed by atoms with van der Waals surface area (Å²) in [6.45, 7) is 3.44. The third-order valence-electron chi connectivity index (χ3n) is 2.41. The average Bonchev–Trinajstić information content (AvgIpc) is 2.76. The molecule has 0 radical (unpaired) electrons. The van der Waals surface area contributed by atoms with Crippen molar-refractivity contribution in [3.63, 3.8) is 0 Å². The van der Waals surface area contributed by atoms with Crippen molar-refractivity contribution >= 4 is 23.6 Å². The van der Waals surface area contributed by atoms with Gasteiger partial charge in [0.25, 0.3) is 0 Å². The van der Waals surface area contributed by atoms with Crippen LogP contribution in [0.3, 0.4) is 0 Å². The predicted octanol–water partition coefficient (Wildman–Crippen LogP) is 0.740. The van der Waals surface area contributed by atoms with E-state index in [1.54, 1.807) is 0 Å². The van der Waals surface area contributed by atoms with E-state index >= 15 is 0 Å². The first-order valence-electron chi connectivity index (χ1n) is 6.46. The summed E-state index contributed by atoms with van der Waals surface area (Å²) < 4.78 is 0. The Morgan fingerprint density at radius 1 is 1.40 bits per heavy atom. The maximum Gasteiger partial charge on any atom is 0.175 e. The fourth-order valence-electron chi connectivity index (χ4n) is 1.47. The fourth-order valence-corrected chi connectivity index (χ4v) is 1.47. The molecular formula is C13H23N7. The number of hydrogen-bond donors (Lipinski definition) is 3. The summed E-state index contributed by atoms with van der Waals surface area (Å²) in [5.41, 5.74) is 12.5. The minimum absolute atomic E-state index is 0.346. The second-order valence-electron chi connectivity index (χ2n) is 4.64. The molecule has 1 aromatic heterocycles. The van der Waals surface area contributed by atoms with Gasteiger partial charge < -0.3 is 16.4 Å². The van der Waals surface area contributed by atoms with Crippen molar-refractivity contribution < 1.29 is 0 Å². The molecule has 0 atom stereocenters. The zero-order valence-corrected chi connectivity index (χ0v) is 12.3. The number of allylic oxidation sites excluding steroid dienone is 1. The Balaban J connectivity index is 2.55. The lowest BCUT2D eigenvalue weighted by atomic mass is 10.3. The molecule has 110 valence electrons. The molecule has 0 bridgehead atoms. The topological polar surface area (TPSA) is 109 Å². The first kappa shape index (κ1) is 15.9. The van der Waals surface area contributed by atoms with Gasteiger partial charge in [0, 0.05) is 12.6 Å². The van der Waals surface area contributed by atoms with Crippen LogP contribution in [0.1, 0.15) is 19.0 Å². The summed E-state index contributed by atoms with van der Waals surface area (Å²) >= 11 is 0. The Bertz CT molecular complexity index is 497. The highest BCUT2D eigenvalue weighted by Crippen LogP contribution is 2.10. The quantitative estimate of drug-likeness (QED) is 0.504. The van der Waals surface area contributed by atoms with Gasteiger partial charge in [-0.2, -0.15) is 5.10 Å². The third-order valence-corrected chi connectivity index (χ3v) is 2.41. The minimum atomic E-state index is 0.346. The van der Waals surface area contributed by atoms with Crippen molar-refractivity contribution in [3.05, 3.63) is 17.8 Å². The third kappa shape index (κ3) is 6.14. The lowest BCUT2D eigenvalue weighted by Gasteiger charge is -2.06. The maximum atomic E-state index is 5.83. The number of aliphatic imine (C=N–C) groups is 2. The van der Waals surface area contributed by atoms with Crippen LogP contribution in [-0.2, 0) is 0 Å². The van der Waals surface area contributed by atoms with E-state index in [-0.39, 0.29) is 0 Å². The molecule has 0 aliphatic carbocycles. The number of amidine groups is 2. The van der Waals surface area contributed by atoms with E-state index in [1.165, 1.54) is 0 Å². The van der Waals surface area contributed by atoms with Crippen LogP contribution in [0.4, 0.5) is 5.82 Å². The van der Waals surface area contributed by atoms with Crippen molar-refractivity contribution in [2.24, 2.45) is 21.5 Å². The lowest BCUT2D eigenvalue weighted by molar-refractivity contribution is 0.420. The molecule has 1 aromatic rings. The molecule has 0 aromatic carbocycles. The number of aromatic nitrogens is 2. The molecule has 0 saturated heterocycles. The van der Waals surface area contributed by atoms with E-state index in [2.05, 4.69) is 20.2 Å². The molecule has 20 heavy (non-hydrogen) atoms. The summed E-state index contributed by atoms with van der Waals surface area (Å²) in [5, 5.41) is 6.88. The van der Waals surface area contributed by atoms with E-state index < -0.39 is 0 Å². The number of H-pyrrole nitrogens is 1. The smallest absolute Gasteiger partial charge is 0.175 e. The van der Waals surface area contributed by atoms with Gasteiger partial charge in [-0.1, -0.05) is 6.08 Å². The van der Waals surface area contributed by atoms with Crippen molar-refractivity contribution in [2.45, 2.75) is 13.3 Å². The van der Waals surface area contributed by atoms with E-state index in [9.17, 15) is 0 Å². The first-order valence-corrected chi connectivity index (χ1v) is 6.46. The van der Waals surface area contributed by atoms with Gasteiger partial charge in [0.15, 0.2) is 5.82 Å². The first-order chi connectivity index (χ1) is 9.51. The van der Waals surface area contributed by atoms with Crippen molar-refractivity contribution in [2.75, 3.05) is 27.2 Å². The molecule has 0 aliphatic heterocycles. The molecule has 0 amide bonds. The van der Waals surface area contributed by atoms with Crippen LogP contribution in [-0.4, -0.2) is 54.0 Å². The van der Waals surface area contributed by atoms with Crippen LogP contribution in [0.25, 0.3) is 6.08 Å². The van der Waals surface area contributed by atoms with Gasteiger partial charge in [0.05, 0.1) is 18.7 Å².